The van der Waals surface area contributed by atoms with Crippen LogP contribution in [0, 0.1) is 6.92 Å². The summed E-state index contributed by atoms with van der Waals surface area (Å²) in [5.74, 6) is -0.699. The van der Waals surface area contributed by atoms with Crippen molar-refractivity contribution in [3.8, 4) is 22.6 Å². The first-order chi connectivity index (χ1) is 22.3. The van der Waals surface area contributed by atoms with Gasteiger partial charge >= 0.3 is 23.9 Å². The van der Waals surface area contributed by atoms with Crippen LogP contribution < -0.4 is 9.47 Å². The Kier molecular flexibility index (Phi) is 14.5. The molecule has 9 nitrogen and oxygen atoms in total. The molecular weight excluding hydrogens is 588 g/mol. The molecule has 0 fully saturated rings. The molecule has 0 bridgehead atoms. The lowest BCUT2D eigenvalue weighted by Gasteiger charge is -2.10. The van der Waals surface area contributed by atoms with Crippen molar-refractivity contribution in [3.05, 3.63) is 115 Å². The van der Waals surface area contributed by atoms with E-state index in [1.807, 2.05) is 49.4 Å². The van der Waals surface area contributed by atoms with Crippen molar-refractivity contribution in [3.63, 3.8) is 0 Å². The van der Waals surface area contributed by atoms with Gasteiger partial charge in [-0.15, -0.1) is 0 Å². The minimum atomic E-state index is -0.511. The van der Waals surface area contributed by atoms with E-state index in [0.717, 1.165) is 46.6 Å². The summed E-state index contributed by atoms with van der Waals surface area (Å²) in [4.78, 5) is 46.8. The first kappa shape index (κ1) is 35.0. The molecule has 0 aliphatic carbocycles. The van der Waals surface area contributed by atoms with Gasteiger partial charge in [-0.05, 0) is 97.3 Å². The first-order valence-corrected chi connectivity index (χ1v) is 14.9. The van der Waals surface area contributed by atoms with Gasteiger partial charge < -0.3 is 23.7 Å². The Labute approximate surface area is 269 Å². The summed E-state index contributed by atoms with van der Waals surface area (Å²) in [6.07, 6.45) is 7.87. The summed E-state index contributed by atoms with van der Waals surface area (Å²) in [5, 5.41) is 0. The van der Waals surface area contributed by atoms with Crippen LogP contribution in [0.1, 0.15) is 47.2 Å². The fourth-order valence-corrected chi connectivity index (χ4v) is 4.07. The Hall–Kier alpha value is -5.44. The van der Waals surface area contributed by atoms with Gasteiger partial charge in [-0.3, -0.25) is 0 Å². The van der Waals surface area contributed by atoms with Crippen LogP contribution in [0.3, 0.4) is 0 Å². The van der Waals surface area contributed by atoms with E-state index >= 15 is 0 Å². The molecule has 46 heavy (non-hydrogen) atoms. The summed E-state index contributed by atoms with van der Waals surface area (Å²) in [6, 6.07) is 19.7. The molecule has 3 rings (SSSR count). The molecule has 0 saturated heterocycles. The Morgan fingerprint density at radius 3 is 1.76 bits per heavy atom. The molecule has 3 aromatic rings. The number of carbonyl (C=O) groups excluding carboxylic acids is 4. The number of unbranched alkanes of at least 4 members (excludes halogenated alkanes) is 2. The summed E-state index contributed by atoms with van der Waals surface area (Å²) < 4.78 is 26.4. The van der Waals surface area contributed by atoms with Crippen molar-refractivity contribution in [2.45, 2.75) is 32.6 Å². The summed E-state index contributed by atoms with van der Waals surface area (Å²) in [7, 11) is 0. The van der Waals surface area contributed by atoms with E-state index in [1.165, 1.54) is 6.08 Å². The first-order valence-electron chi connectivity index (χ1n) is 14.9. The maximum atomic E-state index is 12.4. The highest BCUT2D eigenvalue weighted by atomic mass is 16.5. The highest BCUT2D eigenvalue weighted by Gasteiger charge is 2.09. The van der Waals surface area contributed by atoms with Crippen molar-refractivity contribution in [2.24, 2.45) is 0 Å². The summed E-state index contributed by atoms with van der Waals surface area (Å²) in [6.45, 7) is 9.91. The predicted octanol–water partition coefficient (Wildman–Crippen LogP) is 6.84. The van der Waals surface area contributed by atoms with E-state index in [9.17, 15) is 19.2 Å². The topological polar surface area (TPSA) is 114 Å². The van der Waals surface area contributed by atoms with E-state index in [4.69, 9.17) is 23.7 Å². The fourth-order valence-electron chi connectivity index (χ4n) is 4.07. The number of benzene rings is 3. The van der Waals surface area contributed by atoms with Gasteiger partial charge in [0.1, 0.15) is 11.5 Å². The minimum Gasteiger partial charge on any atom is -0.493 e. The average molecular weight is 627 g/mol. The van der Waals surface area contributed by atoms with Crippen molar-refractivity contribution in [1.82, 2.24) is 0 Å². The zero-order valence-electron chi connectivity index (χ0n) is 25.9. The number of esters is 4. The van der Waals surface area contributed by atoms with Crippen molar-refractivity contribution in [2.75, 3.05) is 26.4 Å². The molecule has 0 radical (unpaired) electrons. The monoisotopic (exact) mass is 626 g/mol. The molecule has 9 heteroatoms. The Morgan fingerprint density at radius 1 is 0.652 bits per heavy atom. The van der Waals surface area contributed by atoms with E-state index in [0.29, 0.717) is 43.8 Å². The summed E-state index contributed by atoms with van der Waals surface area (Å²) in [5.41, 5.74) is 3.95. The molecule has 0 unspecified atom stereocenters. The van der Waals surface area contributed by atoms with Crippen LogP contribution in [0.2, 0.25) is 0 Å². The number of hydrogen-bond acceptors (Lipinski definition) is 9. The van der Waals surface area contributed by atoms with Crippen molar-refractivity contribution >= 4 is 30.0 Å². The van der Waals surface area contributed by atoms with Gasteiger partial charge in [0.2, 0.25) is 0 Å². The van der Waals surface area contributed by atoms with Gasteiger partial charge in [0, 0.05) is 18.2 Å². The second-order valence-corrected chi connectivity index (χ2v) is 10.0. The smallest absolute Gasteiger partial charge is 0.338 e. The van der Waals surface area contributed by atoms with Crippen LogP contribution in [0.25, 0.3) is 17.2 Å². The highest BCUT2D eigenvalue weighted by Crippen LogP contribution is 2.24. The lowest BCUT2D eigenvalue weighted by atomic mass is 10.0. The van der Waals surface area contributed by atoms with E-state index in [1.54, 1.807) is 30.3 Å². The van der Waals surface area contributed by atoms with Gasteiger partial charge in [-0.25, -0.2) is 19.2 Å². The quantitative estimate of drug-likeness (QED) is 0.0492. The maximum absolute atomic E-state index is 12.4. The highest BCUT2D eigenvalue weighted by molar-refractivity contribution is 5.90. The molecule has 0 aliphatic heterocycles. The third kappa shape index (κ3) is 12.3. The third-order valence-corrected chi connectivity index (χ3v) is 6.53. The van der Waals surface area contributed by atoms with Gasteiger partial charge in [0.25, 0.3) is 0 Å². The van der Waals surface area contributed by atoms with E-state index in [2.05, 4.69) is 13.2 Å². The number of aryl methyl sites for hydroxylation is 1. The molecule has 0 heterocycles. The number of ether oxygens (including phenoxy) is 5. The van der Waals surface area contributed by atoms with Gasteiger partial charge in [-0.2, -0.15) is 0 Å². The third-order valence-electron chi connectivity index (χ3n) is 6.53. The van der Waals surface area contributed by atoms with Crippen molar-refractivity contribution < 1.29 is 42.9 Å². The predicted molar refractivity (Wildman–Crippen MR) is 174 cm³/mol. The molecule has 0 aromatic heterocycles. The average Bonchev–Trinajstić information content (AvgIpc) is 3.07. The second-order valence-electron chi connectivity index (χ2n) is 10.0. The number of carbonyl (C=O) groups is 4. The van der Waals surface area contributed by atoms with Gasteiger partial charge in [0.05, 0.1) is 32.0 Å². The van der Waals surface area contributed by atoms with Crippen LogP contribution in [-0.2, 0) is 28.6 Å². The molecule has 240 valence electrons. The van der Waals surface area contributed by atoms with Crippen LogP contribution in [0.15, 0.2) is 98.1 Å². The molecule has 0 atom stereocenters. The largest absolute Gasteiger partial charge is 0.493 e. The van der Waals surface area contributed by atoms with Crippen LogP contribution in [0.5, 0.6) is 11.5 Å². The minimum absolute atomic E-state index is 0.225. The molecular formula is C37H38O9. The van der Waals surface area contributed by atoms with Crippen molar-refractivity contribution in [1.29, 1.82) is 0 Å². The lowest BCUT2D eigenvalue weighted by Crippen LogP contribution is -2.08. The number of hydrogen-bond donors (Lipinski definition) is 0. The van der Waals surface area contributed by atoms with Gasteiger partial charge in [-0.1, -0.05) is 43.5 Å². The van der Waals surface area contributed by atoms with Crippen LogP contribution in [0.4, 0.5) is 0 Å². The maximum Gasteiger partial charge on any atom is 0.338 e. The van der Waals surface area contributed by atoms with Gasteiger partial charge in [0.15, 0.2) is 0 Å². The lowest BCUT2D eigenvalue weighted by molar-refractivity contribution is -0.138. The SMILES string of the molecule is C=CC(=O)OCCCCOC(=O)c1ccc(-c2ccc(OC(=O)/C=C/c3ccc(OCCCCOC(=O)C=C)c(C)c3)cc2)cc1. The molecule has 0 spiro atoms. The normalized spacial score (nSPS) is 10.5. The molecule has 3 aromatic carbocycles. The van der Waals surface area contributed by atoms with E-state index < -0.39 is 23.9 Å². The fraction of sp³-hybridized carbons (Fsp3) is 0.243. The molecule has 0 aliphatic rings. The zero-order valence-corrected chi connectivity index (χ0v) is 25.9. The molecule has 0 N–H and O–H groups in total. The number of rotatable bonds is 18. The van der Waals surface area contributed by atoms with Crippen LogP contribution >= 0.6 is 0 Å². The Balaban J connectivity index is 1.41. The Bertz CT molecular complexity index is 1520. The van der Waals surface area contributed by atoms with E-state index in [-0.39, 0.29) is 13.2 Å². The second kappa shape index (κ2) is 19.1. The molecule has 0 amide bonds. The summed E-state index contributed by atoms with van der Waals surface area (Å²) >= 11 is 0. The molecule has 0 saturated carbocycles. The standard InChI is InChI=1S/C37H38O9/c1-4-34(38)43-23-7-6-22-42-33-20-10-28(26-27(33)3)11-21-36(40)46-32-18-16-30(17-19-32)29-12-14-31(15-13-29)37(41)45-25-9-8-24-44-35(39)5-2/h4-5,10-21,26H,1-2,6-9,22-25H2,3H3/b21-11+. The van der Waals surface area contributed by atoms with Crippen LogP contribution in [-0.4, -0.2) is 50.3 Å². The Morgan fingerprint density at radius 2 is 1.20 bits per heavy atom. The zero-order chi connectivity index (χ0) is 33.1.